The summed E-state index contributed by atoms with van der Waals surface area (Å²) in [6, 6.07) is 11.1. The van der Waals surface area contributed by atoms with Crippen molar-refractivity contribution in [3.63, 3.8) is 0 Å². The largest absolute Gasteiger partial charge is 0.467 e. The van der Waals surface area contributed by atoms with Gasteiger partial charge < -0.3 is 30.7 Å². The summed E-state index contributed by atoms with van der Waals surface area (Å²) in [5.41, 5.74) is 1.20. The number of aliphatic imine (C=N–C) groups is 1. The van der Waals surface area contributed by atoms with Gasteiger partial charge in [0.1, 0.15) is 6.04 Å². The van der Waals surface area contributed by atoms with Gasteiger partial charge in [0.05, 0.1) is 24.9 Å². The summed E-state index contributed by atoms with van der Waals surface area (Å²) in [5.74, 6) is -3.34. The molecule has 1 fully saturated rings. The van der Waals surface area contributed by atoms with Gasteiger partial charge in [-0.1, -0.05) is 23.7 Å². The normalized spacial score (nSPS) is 14.9. The molecule has 4 N–H and O–H groups in total. The Morgan fingerprint density at radius 1 is 0.980 bits per heavy atom. The number of aromatic nitrogens is 3. The number of methoxy groups -OCH3 is 1. The topological polar surface area (TPSA) is 186 Å². The van der Waals surface area contributed by atoms with Crippen LogP contribution in [0.4, 0.5) is 30.8 Å². The molecule has 5 rings (SSSR count). The lowest BCUT2D eigenvalue weighted by molar-refractivity contribution is -0.154. The molecule has 262 valence electrons. The summed E-state index contributed by atoms with van der Waals surface area (Å²) < 4.78 is 48.3. The zero-order valence-corrected chi connectivity index (χ0v) is 27.1. The van der Waals surface area contributed by atoms with Crippen LogP contribution in [0.15, 0.2) is 65.3 Å². The van der Waals surface area contributed by atoms with E-state index in [2.05, 4.69) is 41.2 Å². The van der Waals surface area contributed by atoms with Gasteiger partial charge in [0, 0.05) is 28.9 Å². The second-order valence-corrected chi connectivity index (χ2v) is 11.6. The number of allylic oxidation sites excluding steroid dienone is 1. The quantitative estimate of drug-likeness (QED) is 0.132. The average molecular weight is 715 g/mol. The molecule has 18 heteroatoms. The van der Waals surface area contributed by atoms with E-state index in [4.69, 9.17) is 21.1 Å². The second-order valence-electron chi connectivity index (χ2n) is 11.2. The third kappa shape index (κ3) is 9.74. The SMILES string of the molecule is COC(=O)[C@H](CCC(=O)C(=O)NC1=CCN=C1)NC(=O)c1ccc(Nc2nc(NC3(c4ccc(Cl)cc4)CC3)nc(OCC(F)(F)F)n2)cc1. The molecule has 1 saturated carbocycles. The maximum atomic E-state index is 13.0. The van der Waals surface area contributed by atoms with Gasteiger partial charge in [0.2, 0.25) is 17.7 Å². The van der Waals surface area contributed by atoms with Crippen molar-refractivity contribution in [2.45, 2.75) is 43.4 Å². The molecular weight excluding hydrogens is 685 g/mol. The van der Waals surface area contributed by atoms with Crippen LogP contribution >= 0.6 is 11.6 Å². The summed E-state index contributed by atoms with van der Waals surface area (Å²) in [5, 5.41) is 11.5. The maximum Gasteiger partial charge on any atom is 0.422 e. The number of hydrogen-bond donors (Lipinski definition) is 4. The van der Waals surface area contributed by atoms with Crippen LogP contribution in [0.1, 0.15) is 41.6 Å². The Morgan fingerprint density at radius 2 is 1.68 bits per heavy atom. The van der Waals surface area contributed by atoms with E-state index >= 15 is 0 Å². The van der Waals surface area contributed by atoms with Gasteiger partial charge in [-0.25, -0.2) is 4.79 Å². The molecule has 0 radical (unpaired) electrons. The Hall–Kier alpha value is -5.58. The van der Waals surface area contributed by atoms with Crippen molar-refractivity contribution < 1.29 is 41.8 Å². The Kier molecular flexibility index (Phi) is 10.9. The maximum absolute atomic E-state index is 13.0. The fourth-order valence-corrected chi connectivity index (χ4v) is 4.89. The number of ether oxygens (including phenoxy) is 2. The van der Waals surface area contributed by atoms with E-state index in [1.807, 2.05) is 12.1 Å². The van der Waals surface area contributed by atoms with Crippen molar-refractivity contribution in [1.82, 2.24) is 25.6 Å². The van der Waals surface area contributed by atoms with Crippen LogP contribution in [0, 0.1) is 0 Å². The van der Waals surface area contributed by atoms with E-state index in [-0.39, 0.29) is 30.3 Å². The molecule has 14 nitrogen and oxygen atoms in total. The molecule has 1 atom stereocenters. The van der Waals surface area contributed by atoms with Crippen molar-refractivity contribution in [3.05, 3.63) is 76.5 Å². The monoisotopic (exact) mass is 714 g/mol. The van der Waals surface area contributed by atoms with E-state index in [9.17, 15) is 32.3 Å². The molecule has 1 aliphatic heterocycles. The molecule has 3 aromatic rings. The highest BCUT2D eigenvalue weighted by Gasteiger charge is 2.45. The van der Waals surface area contributed by atoms with Crippen LogP contribution in [0.25, 0.3) is 0 Å². The van der Waals surface area contributed by atoms with Crippen molar-refractivity contribution >= 4 is 59.0 Å². The Balaban J connectivity index is 1.24. The van der Waals surface area contributed by atoms with E-state index < -0.39 is 53.9 Å². The van der Waals surface area contributed by atoms with E-state index in [0.717, 1.165) is 12.7 Å². The number of anilines is 3. The highest BCUT2D eigenvalue weighted by atomic mass is 35.5. The predicted octanol–water partition coefficient (Wildman–Crippen LogP) is 4.02. The summed E-state index contributed by atoms with van der Waals surface area (Å²) in [7, 11) is 1.12. The lowest BCUT2D eigenvalue weighted by atomic mass is 10.1. The fourth-order valence-electron chi connectivity index (χ4n) is 4.77. The van der Waals surface area contributed by atoms with Gasteiger partial charge in [-0.15, -0.1) is 0 Å². The third-order valence-electron chi connectivity index (χ3n) is 7.49. The van der Waals surface area contributed by atoms with Crippen LogP contribution in [0.3, 0.4) is 0 Å². The number of amides is 2. The number of carbonyl (C=O) groups excluding carboxylic acids is 4. The fraction of sp³-hybridized carbons (Fsp3) is 0.312. The first-order valence-electron chi connectivity index (χ1n) is 15.1. The predicted molar refractivity (Wildman–Crippen MR) is 174 cm³/mol. The van der Waals surface area contributed by atoms with Crippen LogP contribution in [0.5, 0.6) is 6.01 Å². The molecule has 50 heavy (non-hydrogen) atoms. The molecule has 2 amide bonds. The molecule has 0 saturated heterocycles. The molecule has 2 aromatic carbocycles. The number of ketones is 1. The summed E-state index contributed by atoms with van der Waals surface area (Å²) in [6.07, 6.45) is -0.725. The molecule has 2 heterocycles. The number of benzene rings is 2. The lowest BCUT2D eigenvalue weighted by Crippen LogP contribution is -2.42. The van der Waals surface area contributed by atoms with Gasteiger partial charge in [0.15, 0.2) is 6.61 Å². The minimum atomic E-state index is -4.63. The smallest absolute Gasteiger partial charge is 0.422 e. The van der Waals surface area contributed by atoms with Crippen molar-refractivity contribution in [1.29, 1.82) is 0 Å². The summed E-state index contributed by atoms with van der Waals surface area (Å²) in [4.78, 5) is 66.0. The Morgan fingerprint density at radius 3 is 2.30 bits per heavy atom. The van der Waals surface area contributed by atoms with Crippen LogP contribution in [-0.2, 0) is 24.7 Å². The van der Waals surface area contributed by atoms with E-state index in [0.29, 0.717) is 35.8 Å². The molecule has 0 bridgehead atoms. The summed E-state index contributed by atoms with van der Waals surface area (Å²) >= 11 is 6.02. The number of carbonyl (C=O) groups is 4. The molecule has 1 aromatic heterocycles. The van der Waals surface area contributed by atoms with E-state index in [1.54, 1.807) is 18.2 Å². The summed E-state index contributed by atoms with van der Waals surface area (Å²) in [6.45, 7) is -1.23. The standard InChI is InChI=1S/C32H30ClF3N8O6/c1-49-27(48)23(10-11-24(45)26(47)38-22-12-15-37-16-22)40-25(46)18-2-8-21(9-3-18)39-28-41-29(43-30(42-28)50-17-32(34,35)36)44-31(13-14-31)19-4-6-20(33)7-5-19/h2-9,12,16,23H,10-11,13-15,17H2,1H3,(H,38,47)(H,40,46)(H2,39,41,42,43,44)/t23-/m0/s1. The lowest BCUT2D eigenvalue weighted by Gasteiger charge is -2.19. The Bertz CT molecular complexity index is 1820. The highest BCUT2D eigenvalue weighted by Crippen LogP contribution is 2.48. The van der Waals surface area contributed by atoms with Gasteiger partial charge in [-0.3, -0.25) is 19.4 Å². The molecule has 2 aliphatic rings. The first kappa shape index (κ1) is 35.7. The average Bonchev–Trinajstić information content (AvgIpc) is 3.68. The number of nitrogens with zero attached hydrogens (tertiary/aromatic N) is 4. The van der Waals surface area contributed by atoms with Gasteiger partial charge in [-0.2, -0.15) is 28.1 Å². The molecular formula is C32H30ClF3N8O6. The van der Waals surface area contributed by atoms with Gasteiger partial charge in [-0.05, 0) is 67.3 Å². The van der Waals surface area contributed by atoms with Gasteiger partial charge >= 0.3 is 18.2 Å². The molecule has 0 unspecified atom stereocenters. The molecule has 0 spiro atoms. The van der Waals surface area contributed by atoms with Crippen molar-refractivity contribution in [2.75, 3.05) is 30.9 Å². The second kappa shape index (κ2) is 15.3. The number of alkyl halides is 3. The zero-order valence-electron chi connectivity index (χ0n) is 26.3. The Labute approximate surface area is 287 Å². The number of halogens is 4. The minimum Gasteiger partial charge on any atom is -0.467 e. The molecule has 1 aliphatic carbocycles. The van der Waals surface area contributed by atoms with Crippen molar-refractivity contribution in [2.24, 2.45) is 4.99 Å². The number of nitrogens with one attached hydrogen (secondary N) is 4. The van der Waals surface area contributed by atoms with Crippen LogP contribution < -0.4 is 26.0 Å². The zero-order chi connectivity index (χ0) is 35.9. The highest BCUT2D eigenvalue weighted by molar-refractivity contribution is 6.37. The number of Topliss-reactive ketones (excluding diaryl/α,β-unsaturated/α-hetero) is 1. The van der Waals surface area contributed by atoms with Gasteiger partial charge in [0.25, 0.3) is 11.8 Å². The number of esters is 1. The third-order valence-corrected chi connectivity index (χ3v) is 7.74. The van der Waals surface area contributed by atoms with Crippen molar-refractivity contribution in [3.8, 4) is 6.01 Å². The first-order valence-corrected chi connectivity index (χ1v) is 15.5. The number of hydrogen-bond acceptors (Lipinski definition) is 12. The number of rotatable bonds is 15. The van der Waals surface area contributed by atoms with Crippen LogP contribution in [0.2, 0.25) is 5.02 Å². The van der Waals surface area contributed by atoms with Crippen LogP contribution in [-0.4, -0.2) is 77.2 Å². The minimum absolute atomic E-state index is 0.0302. The van der Waals surface area contributed by atoms with E-state index in [1.165, 1.54) is 30.5 Å². The first-order chi connectivity index (χ1) is 23.8.